The lowest BCUT2D eigenvalue weighted by molar-refractivity contribution is -0.152. The second-order valence-electron chi connectivity index (χ2n) is 4.13. The molecule has 3 nitrogen and oxygen atoms in total. The number of rotatable bonds is 1. The van der Waals surface area contributed by atoms with Gasteiger partial charge in [0.25, 0.3) is 0 Å². The number of ether oxygens (including phenoxy) is 1. The molecule has 0 amide bonds. The molecule has 0 aliphatic heterocycles. The third-order valence-corrected chi connectivity index (χ3v) is 3.81. The first-order valence-corrected chi connectivity index (χ1v) is 4.45. The molecular weight excluding hydrogens is 175 g/mol. The molecule has 0 radical (unpaired) electrons. The molecule has 0 aromatic heterocycles. The van der Waals surface area contributed by atoms with Crippen LogP contribution in [0.25, 0.3) is 0 Å². The number of alkyl halides is 1. The van der Waals surface area contributed by atoms with Gasteiger partial charge in [0, 0.05) is 11.3 Å². The first kappa shape index (κ1) is 8.94. The van der Waals surface area contributed by atoms with E-state index in [0.717, 1.165) is 0 Å². The molecule has 2 fully saturated rings. The second-order valence-corrected chi connectivity index (χ2v) is 4.13. The molecule has 2 aliphatic carbocycles. The first-order chi connectivity index (χ1) is 5.99. The Morgan fingerprint density at radius 2 is 2.23 bits per heavy atom. The molecule has 1 N–H and O–H groups in total. The highest BCUT2D eigenvalue weighted by atomic mass is 19.1. The van der Waals surface area contributed by atoms with E-state index in [4.69, 9.17) is 0 Å². The molecule has 74 valence electrons. The van der Waals surface area contributed by atoms with Crippen LogP contribution in [0.5, 0.6) is 0 Å². The molecular formula is C9H13FO3. The Balaban J connectivity index is 2.27. The van der Waals surface area contributed by atoms with E-state index in [0.29, 0.717) is 12.8 Å². The fourth-order valence-corrected chi connectivity index (χ4v) is 2.80. The molecule has 0 bridgehead atoms. The number of carbonyl (C=O) groups excluding carboxylic acids is 1. The molecule has 4 heteroatoms. The quantitative estimate of drug-likeness (QED) is 0.615. The van der Waals surface area contributed by atoms with Gasteiger partial charge in [-0.05, 0) is 12.8 Å². The number of methoxy groups -OCH3 is 1. The Labute approximate surface area is 75.9 Å². The Bertz CT molecular complexity index is 268. The van der Waals surface area contributed by atoms with Crippen LogP contribution in [-0.4, -0.2) is 30.0 Å². The highest BCUT2D eigenvalue weighted by Gasteiger charge is 2.85. The molecule has 1 unspecified atom stereocenters. The number of esters is 1. The lowest BCUT2D eigenvalue weighted by Crippen LogP contribution is -2.33. The van der Waals surface area contributed by atoms with Gasteiger partial charge in [-0.2, -0.15) is 0 Å². The number of fused-ring (bicyclic) bond motifs is 1. The first-order valence-electron chi connectivity index (χ1n) is 4.45. The van der Waals surface area contributed by atoms with Crippen molar-refractivity contribution in [1.29, 1.82) is 0 Å². The average Bonchev–Trinajstić information content (AvgIpc) is 2.42. The number of aliphatic hydroxyl groups is 1. The Hall–Kier alpha value is -0.640. The maximum atomic E-state index is 14.0. The van der Waals surface area contributed by atoms with Crippen LogP contribution in [-0.2, 0) is 9.53 Å². The molecule has 0 heterocycles. The molecule has 0 spiro atoms. The monoisotopic (exact) mass is 188 g/mol. The summed E-state index contributed by atoms with van der Waals surface area (Å²) < 4.78 is 18.4. The molecule has 0 saturated heterocycles. The SMILES string of the molecule is COC(=O)[C@]1(F)C2CC[C@H](O)[C@]21C. The summed E-state index contributed by atoms with van der Waals surface area (Å²) in [6.07, 6.45) is 0.453. The highest BCUT2D eigenvalue weighted by molar-refractivity contribution is 5.86. The fraction of sp³-hybridized carbons (Fsp3) is 0.889. The lowest BCUT2D eigenvalue weighted by atomic mass is 9.97. The summed E-state index contributed by atoms with van der Waals surface area (Å²) in [6.45, 7) is 1.62. The van der Waals surface area contributed by atoms with E-state index in [-0.39, 0.29) is 5.92 Å². The van der Waals surface area contributed by atoms with Crippen molar-refractivity contribution in [1.82, 2.24) is 0 Å². The molecule has 0 aromatic carbocycles. The van der Waals surface area contributed by atoms with Crippen LogP contribution in [0, 0.1) is 11.3 Å². The minimum atomic E-state index is -1.93. The second kappa shape index (κ2) is 2.23. The number of hydrogen-bond acceptors (Lipinski definition) is 3. The van der Waals surface area contributed by atoms with Crippen LogP contribution in [0.2, 0.25) is 0 Å². The van der Waals surface area contributed by atoms with Gasteiger partial charge < -0.3 is 9.84 Å². The van der Waals surface area contributed by atoms with Crippen molar-refractivity contribution in [3.05, 3.63) is 0 Å². The van der Waals surface area contributed by atoms with E-state index in [1.807, 2.05) is 0 Å². The van der Waals surface area contributed by atoms with Gasteiger partial charge in [-0.15, -0.1) is 0 Å². The molecule has 2 rings (SSSR count). The minimum absolute atomic E-state index is 0.345. The molecule has 13 heavy (non-hydrogen) atoms. The van der Waals surface area contributed by atoms with Gasteiger partial charge in [0.2, 0.25) is 5.67 Å². The van der Waals surface area contributed by atoms with Crippen molar-refractivity contribution in [2.75, 3.05) is 7.11 Å². The van der Waals surface area contributed by atoms with E-state index in [1.165, 1.54) is 7.11 Å². The van der Waals surface area contributed by atoms with E-state index >= 15 is 0 Å². The van der Waals surface area contributed by atoms with Crippen molar-refractivity contribution in [2.24, 2.45) is 11.3 Å². The topological polar surface area (TPSA) is 46.5 Å². The predicted molar refractivity (Wildman–Crippen MR) is 42.7 cm³/mol. The van der Waals surface area contributed by atoms with Gasteiger partial charge in [-0.25, -0.2) is 9.18 Å². The zero-order valence-electron chi connectivity index (χ0n) is 7.71. The maximum absolute atomic E-state index is 14.0. The zero-order valence-corrected chi connectivity index (χ0v) is 7.71. The number of hydrogen-bond donors (Lipinski definition) is 1. The number of aliphatic hydroxyl groups excluding tert-OH is 1. The summed E-state index contributed by atoms with van der Waals surface area (Å²) in [5, 5.41) is 9.53. The standard InChI is InChI=1S/C9H13FO3/c1-8-5(3-4-6(8)11)9(8,10)7(12)13-2/h5-6,11H,3-4H2,1-2H3/t5?,6-,8-,9+/m0/s1. The van der Waals surface area contributed by atoms with Gasteiger partial charge in [-0.3, -0.25) is 0 Å². The Kier molecular flexibility index (Phi) is 1.54. The summed E-state index contributed by atoms with van der Waals surface area (Å²) in [6, 6.07) is 0. The van der Waals surface area contributed by atoms with E-state index in [9.17, 15) is 14.3 Å². The van der Waals surface area contributed by atoms with Crippen molar-refractivity contribution < 1.29 is 19.0 Å². The molecule has 2 aliphatic rings. The van der Waals surface area contributed by atoms with Crippen LogP contribution in [0.3, 0.4) is 0 Å². The van der Waals surface area contributed by atoms with Gasteiger partial charge >= 0.3 is 5.97 Å². The van der Waals surface area contributed by atoms with Crippen LogP contribution in [0.1, 0.15) is 19.8 Å². The molecule has 4 atom stereocenters. The van der Waals surface area contributed by atoms with Crippen molar-refractivity contribution in [3.8, 4) is 0 Å². The Morgan fingerprint density at radius 1 is 1.62 bits per heavy atom. The van der Waals surface area contributed by atoms with Crippen LogP contribution in [0.15, 0.2) is 0 Å². The number of carbonyl (C=O) groups is 1. The van der Waals surface area contributed by atoms with Gasteiger partial charge in [-0.1, -0.05) is 6.92 Å². The van der Waals surface area contributed by atoms with Crippen molar-refractivity contribution in [3.63, 3.8) is 0 Å². The normalized spacial score (nSPS) is 52.9. The summed E-state index contributed by atoms with van der Waals surface area (Å²) in [5.74, 6) is -1.18. The predicted octanol–water partition coefficient (Wildman–Crippen LogP) is 0.658. The smallest absolute Gasteiger partial charge is 0.344 e. The molecule has 2 saturated carbocycles. The third-order valence-electron chi connectivity index (χ3n) is 3.81. The summed E-state index contributed by atoms with van der Waals surface area (Å²) in [5.41, 5.74) is -2.82. The zero-order chi connectivity index (χ0) is 9.85. The van der Waals surface area contributed by atoms with E-state index in [1.54, 1.807) is 6.92 Å². The number of halogens is 1. The van der Waals surface area contributed by atoms with Crippen LogP contribution < -0.4 is 0 Å². The van der Waals surface area contributed by atoms with Crippen LogP contribution >= 0.6 is 0 Å². The summed E-state index contributed by atoms with van der Waals surface area (Å²) in [4.78, 5) is 11.2. The lowest BCUT2D eigenvalue weighted by Gasteiger charge is -2.18. The van der Waals surface area contributed by atoms with Gasteiger partial charge in [0.1, 0.15) is 0 Å². The van der Waals surface area contributed by atoms with Crippen molar-refractivity contribution in [2.45, 2.75) is 31.5 Å². The highest BCUT2D eigenvalue weighted by Crippen LogP contribution is 2.73. The largest absolute Gasteiger partial charge is 0.467 e. The van der Waals surface area contributed by atoms with Gasteiger partial charge in [0.05, 0.1) is 13.2 Å². The maximum Gasteiger partial charge on any atom is 0.344 e. The fourth-order valence-electron chi connectivity index (χ4n) is 2.80. The summed E-state index contributed by atoms with van der Waals surface area (Å²) in [7, 11) is 1.17. The average molecular weight is 188 g/mol. The Morgan fingerprint density at radius 3 is 2.62 bits per heavy atom. The van der Waals surface area contributed by atoms with Crippen LogP contribution in [0.4, 0.5) is 4.39 Å². The minimum Gasteiger partial charge on any atom is -0.467 e. The molecule has 0 aromatic rings. The van der Waals surface area contributed by atoms with E-state index in [2.05, 4.69) is 4.74 Å². The van der Waals surface area contributed by atoms with Crippen molar-refractivity contribution >= 4 is 5.97 Å². The van der Waals surface area contributed by atoms with Gasteiger partial charge in [0.15, 0.2) is 0 Å². The van der Waals surface area contributed by atoms with E-state index < -0.39 is 23.2 Å². The third kappa shape index (κ3) is 0.713. The summed E-state index contributed by atoms with van der Waals surface area (Å²) >= 11 is 0.